The van der Waals surface area contributed by atoms with E-state index in [2.05, 4.69) is 0 Å². The first kappa shape index (κ1) is 12.8. The fourth-order valence-electron chi connectivity index (χ4n) is 2.16. The van der Waals surface area contributed by atoms with Gasteiger partial charge in [-0.25, -0.2) is 0 Å². The number of nitrogens with zero attached hydrogens (tertiary/aromatic N) is 1. The highest BCUT2D eigenvalue weighted by molar-refractivity contribution is 4.80. The monoisotopic (exact) mass is 225 g/mol. The summed E-state index contributed by atoms with van der Waals surface area (Å²) in [6.45, 7) is 1.28. The van der Waals surface area contributed by atoms with Crippen LogP contribution in [0.25, 0.3) is 0 Å². The summed E-state index contributed by atoms with van der Waals surface area (Å²) in [5.74, 6) is 0. The minimum absolute atomic E-state index is 0.111. The van der Waals surface area contributed by atoms with Crippen molar-refractivity contribution in [2.24, 2.45) is 0 Å². The predicted octanol–water partition coefficient (Wildman–Crippen LogP) is 2.17. The summed E-state index contributed by atoms with van der Waals surface area (Å²) in [4.78, 5) is 1.45. The number of likely N-dealkylation sites (tertiary alicyclic amines) is 1. The molecule has 0 spiro atoms. The van der Waals surface area contributed by atoms with Gasteiger partial charge in [0.15, 0.2) is 0 Å². The van der Waals surface area contributed by atoms with E-state index in [4.69, 9.17) is 0 Å². The molecular weight excluding hydrogens is 207 g/mol. The third-order valence-corrected chi connectivity index (χ3v) is 2.74. The number of hydrogen-bond donors (Lipinski definition) is 1. The number of aliphatic hydroxyl groups is 1. The summed E-state index contributed by atoms with van der Waals surface area (Å²) in [6.07, 6.45) is -1.66. The Hall–Kier alpha value is -0.290. The number of hydrogen-bond acceptors (Lipinski definition) is 2. The van der Waals surface area contributed by atoms with Crippen molar-refractivity contribution in [3.05, 3.63) is 0 Å². The first-order chi connectivity index (χ1) is 6.88. The quantitative estimate of drug-likeness (QED) is 0.795. The SMILES string of the molecule is CC(O)CC1CCCCN1CC(F)(F)F. The third kappa shape index (κ3) is 4.84. The van der Waals surface area contributed by atoms with Gasteiger partial charge in [-0.2, -0.15) is 13.2 Å². The van der Waals surface area contributed by atoms with E-state index in [1.165, 1.54) is 4.90 Å². The molecule has 0 saturated carbocycles. The average molecular weight is 225 g/mol. The number of rotatable bonds is 3. The van der Waals surface area contributed by atoms with Crippen molar-refractivity contribution in [3.63, 3.8) is 0 Å². The van der Waals surface area contributed by atoms with Crippen molar-refractivity contribution in [1.82, 2.24) is 4.90 Å². The molecule has 0 bridgehead atoms. The predicted molar refractivity (Wildman–Crippen MR) is 51.6 cm³/mol. The summed E-state index contributed by atoms with van der Waals surface area (Å²) < 4.78 is 36.7. The summed E-state index contributed by atoms with van der Waals surface area (Å²) in [6, 6.07) is -0.111. The number of aliphatic hydroxyl groups excluding tert-OH is 1. The van der Waals surface area contributed by atoms with Crippen molar-refractivity contribution in [3.8, 4) is 0 Å². The van der Waals surface area contributed by atoms with Crippen LogP contribution in [0, 0.1) is 0 Å². The average Bonchev–Trinajstić information content (AvgIpc) is 2.05. The van der Waals surface area contributed by atoms with Crippen LogP contribution in [0.1, 0.15) is 32.6 Å². The zero-order valence-electron chi connectivity index (χ0n) is 8.93. The Morgan fingerprint density at radius 3 is 2.60 bits per heavy atom. The van der Waals surface area contributed by atoms with E-state index >= 15 is 0 Å². The highest BCUT2D eigenvalue weighted by Crippen LogP contribution is 2.25. The van der Waals surface area contributed by atoms with E-state index in [1.807, 2.05) is 0 Å². The molecular formula is C10H18F3NO. The second-order valence-electron chi connectivity index (χ2n) is 4.32. The summed E-state index contributed by atoms with van der Waals surface area (Å²) in [5, 5.41) is 9.21. The van der Waals surface area contributed by atoms with Gasteiger partial charge >= 0.3 is 6.18 Å². The Balaban J connectivity index is 2.50. The van der Waals surface area contributed by atoms with Crippen LogP contribution in [-0.2, 0) is 0 Å². The Bertz CT molecular complexity index is 194. The van der Waals surface area contributed by atoms with E-state index in [0.717, 1.165) is 19.3 Å². The van der Waals surface area contributed by atoms with Crippen molar-refractivity contribution >= 4 is 0 Å². The summed E-state index contributed by atoms with van der Waals surface area (Å²) >= 11 is 0. The molecule has 5 heteroatoms. The molecule has 2 nitrogen and oxygen atoms in total. The minimum Gasteiger partial charge on any atom is -0.393 e. The van der Waals surface area contributed by atoms with Gasteiger partial charge in [-0.3, -0.25) is 4.90 Å². The Morgan fingerprint density at radius 1 is 1.40 bits per heavy atom. The maximum atomic E-state index is 12.2. The van der Waals surface area contributed by atoms with Crippen LogP contribution >= 0.6 is 0 Å². The number of piperidine rings is 1. The highest BCUT2D eigenvalue weighted by Gasteiger charge is 2.35. The molecule has 1 aliphatic heterocycles. The van der Waals surface area contributed by atoms with Gasteiger partial charge in [0.25, 0.3) is 0 Å². The van der Waals surface area contributed by atoms with Crippen LogP contribution in [0.5, 0.6) is 0 Å². The van der Waals surface area contributed by atoms with Crippen LogP contribution < -0.4 is 0 Å². The molecule has 0 aromatic carbocycles. The lowest BCUT2D eigenvalue weighted by atomic mass is 9.97. The van der Waals surface area contributed by atoms with Crippen molar-refractivity contribution < 1.29 is 18.3 Å². The van der Waals surface area contributed by atoms with Crippen molar-refractivity contribution in [2.45, 2.75) is 50.9 Å². The van der Waals surface area contributed by atoms with Crippen LogP contribution in [0.15, 0.2) is 0 Å². The van der Waals surface area contributed by atoms with E-state index < -0.39 is 18.8 Å². The zero-order valence-corrected chi connectivity index (χ0v) is 8.93. The van der Waals surface area contributed by atoms with E-state index in [0.29, 0.717) is 13.0 Å². The van der Waals surface area contributed by atoms with Gasteiger partial charge < -0.3 is 5.11 Å². The van der Waals surface area contributed by atoms with Crippen molar-refractivity contribution in [1.29, 1.82) is 0 Å². The van der Waals surface area contributed by atoms with Crippen LogP contribution in [0.2, 0.25) is 0 Å². The maximum Gasteiger partial charge on any atom is 0.401 e. The molecule has 0 aromatic heterocycles. The molecule has 1 saturated heterocycles. The summed E-state index contributed by atoms with van der Waals surface area (Å²) in [7, 11) is 0. The van der Waals surface area contributed by atoms with Crippen LogP contribution in [-0.4, -0.2) is 41.4 Å². The normalized spacial score (nSPS) is 26.6. The van der Waals surface area contributed by atoms with E-state index in [9.17, 15) is 18.3 Å². The molecule has 0 aromatic rings. The van der Waals surface area contributed by atoms with Gasteiger partial charge in [0.1, 0.15) is 0 Å². The molecule has 0 radical (unpaired) electrons. The second kappa shape index (κ2) is 5.16. The lowest BCUT2D eigenvalue weighted by Crippen LogP contribution is -2.45. The highest BCUT2D eigenvalue weighted by atomic mass is 19.4. The lowest BCUT2D eigenvalue weighted by molar-refractivity contribution is -0.154. The fraction of sp³-hybridized carbons (Fsp3) is 1.00. The Labute approximate surface area is 88.1 Å². The molecule has 2 unspecified atom stereocenters. The molecule has 1 N–H and O–H groups in total. The summed E-state index contributed by atoms with van der Waals surface area (Å²) in [5.41, 5.74) is 0. The lowest BCUT2D eigenvalue weighted by Gasteiger charge is -2.36. The number of alkyl halides is 3. The van der Waals surface area contributed by atoms with E-state index in [-0.39, 0.29) is 6.04 Å². The maximum absolute atomic E-state index is 12.2. The van der Waals surface area contributed by atoms with Gasteiger partial charge in [0.2, 0.25) is 0 Å². The van der Waals surface area contributed by atoms with Gasteiger partial charge in [0.05, 0.1) is 12.6 Å². The zero-order chi connectivity index (χ0) is 11.5. The van der Waals surface area contributed by atoms with Crippen LogP contribution in [0.4, 0.5) is 13.2 Å². The first-order valence-electron chi connectivity index (χ1n) is 5.37. The van der Waals surface area contributed by atoms with Crippen molar-refractivity contribution in [2.75, 3.05) is 13.1 Å². The molecule has 1 heterocycles. The number of halogens is 3. The molecule has 1 aliphatic rings. The molecule has 0 aliphatic carbocycles. The second-order valence-corrected chi connectivity index (χ2v) is 4.32. The first-order valence-corrected chi connectivity index (χ1v) is 5.37. The minimum atomic E-state index is -4.13. The smallest absolute Gasteiger partial charge is 0.393 e. The van der Waals surface area contributed by atoms with E-state index in [1.54, 1.807) is 6.92 Å². The van der Waals surface area contributed by atoms with Crippen LogP contribution in [0.3, 0.4) is 0 Å². The van der Waals surface area contributed by atoms with Gasteiger partial charge in [-0.1, -0.05) is 6.42 Å². The molecule has 90 valence electrons. The third-order valence-electron chi connectivity index (χ3n) is 2.74. The standard InChI is InChI=1S/C10H18F3NO/c1-8(15)6-9-4-2-3-5-14(9)7-10(11,12)13/h8-9,15H,2-7H2,1H3. The van der Waals surface area contributed by atoms with Gasteiger partial charge in [-0.05, 0) is 32.7 Å². The Kier molecular flexibility index (Phi) is 4.40. The van der Waals surface area contributed by atoms with Gasteiger partial charge in [-0.15, -0.1) is 0 Å². The molecule has 15 heavy (non-hydrogen) atoms. The molecule has 1 rings (SSSR count). The molecule has 1 fully saturated rings. The topological polar surface area (TPSA) is 23.5 Å². The molecule has 2 atom stereocenters. The fourth-order valence-corrected chi connectivity index (χ4v) is 2.16. The molecule has 0 amide bonds. The Morgan fingerprint density at radius 2 is 2.07 bits per heavy atom. The van der Waals surface area contributed by atoms with Gasteiger partial charge in [0, 0.05) is 6.04 Å². The largest absolute Gasteiger partial charge is 0.401 e.